The molecule has 3 heterocycles. The Labute approximate surface area is 127 Å². The summed E-state index contributed by atoms with van der Waals surface area (Å²) in [7, 11) is 0. The van der Waals surface area contributed by atoms with Crippen molar-refractivity contribution in [2.24, 2.45) is 5.92 Å². The molecule has 0 aromatic carbocycles. The molecule has 0 spiro atoms. The van der Waals surface area contributed by atoms with Crippen LogP contribution in [0.1, 0.15) is 41.8 Å². The minimum Gasteiger partial charge on any atom is -0.397 e. The van der Waals surface area contributed by atoms with E-state index in [1.165, 1.54) is 30.6 Å². The molecule has 2 unspecified atom stereocenters. The summed E-state index contributed by atoms with van der Waals surface area (Å²) in [5.74, 6) is 0.783. The van der Waals surface area contributed by atoms with Crippen molar-refractivity contribution in [1.82, 2.24) is 15.1 Å². The Hall–Kier alpha value is -1.69. The van der Waals surface area contributed by atoms with E-state index in [1.807, 2.05) is 6.07 Å². The Morgan fingerprint density at radius 1 is 1.33 bits per heavy atom. The molecule has 2 atom stereocenters. The van der Waals surface area contributed by atoms with Crippen molar-refractivity contribution in [3.05, 3.63) is 17.1 Å². The van der Waals surface area contributed by atoms with Crippen LogP contribution in [0, 0.1) is 5.92 Å². The van der Waals surface area contributed by atoms with Crippen molar-refractivity contribution in [3.63, 3.8) is 0 Å². The number of nitrogens with zero attached hydrogens (tertiary/aromatic N) is 3. The second-order valence-corrected chi connectivity index (χ2v) is 6.99. The molecule has 2 aromatic rings. The van der Waals surface area contributed by atoms with Crippen LogP contribution in [-0.2, 0) is 0 Å². The highest BCUT2D eigenvalue weighted by molar-refractivity contribution is 7.21. The summed E-state index contributed by atoms with van der Waals surface area (Å²) in [6.07, 6.45) is 7.64. The summed E-state index contributed by atoms with van der Waals surface area (Å²) in [6, 6.07) is 2.25. The van der Waals surface area contributed by atoms with E-state index in [-0.39, 0.29) is 5.91 Å². The van der Waals surface area contributed by atoms with Gasteiger partial charge < -0.3 is 10.6 Å². The average Bonchev–Trinajstić information content (AvgIpc) is 3.11. The number of rotatable bonds is 1. The number of nitrogen functional groups attached to an aromatic ring is 1. The number of piperidine rings is 1. The number of likely N-dealkylation sites (tertiary alicyclic amines) is 1. The monoisotopic (exact) mass is 302 g/mol. The summed E-state index contributed by atoms with van der Waals surface area (Å²) < 4.78 is 0. The number of thiophene rings is 1. The maximum Gasteiger partial charge on any atom is 0.266 e. The van der Waals surface area contributed by atoms with Gasteiger partial charge in [0.2, 0.25) is 0 Å². The van der Waals surface area contributed by atoms with Crippen LogP contribution in [0.4, 0.5) is 5.69 Å². The second-order valence-electron chi connectivity index (χ2n) is 5.99. The van der Waals surface area contributed by atoms with Crippen LogP contribution in [0.5, 0.6) is 0 Å². The molecule has 4 rings (SSSR count). The first kappa shape index (κ1) is 13.0. The summed E-state index contributed by atoms with van der Waals surface area (Å²) in [5, 5.41) is 8.79. The van der Waals surface area contributed by atoms with E-state index >= 15 is 0 Å². The first-order valence-corrected chi connectivity index (χ1v) is 8.38. The highest BCUT2D eigenvalue weighted by Gasteiger charge is 2.38. The van der Waals surface area contributed by atoms with Gasteiger partial charge in [-0.05, 0) is 37.7 Å². The van der Waals surface area contributed by atoms with Gasteiger partial charge in [-0.15, -0.1) is 16.4 Å². The molecule has 21 heavy (non-hydrogen) atoms. The zero-order valence-corrected chi connectivity index (χ0v) is 12.6. The minimum atomic E-state index is 0.0899. The predicted molar refractivity (Wildman–Crippen MR) is 83.2 cm³/mol. The molecule has 5 nitrogen and oxygen atoms in total. The lowest BCUT2D eigenvalue weighted by Gasteiger charge is -2.37. The Bertz CT molecular complexity index is 698. The molecular formula is C15H18N4OS. The third-order valence-electron chi connectivity index (χ3n) is 4.87. The van der Waals surface area contributed by atoms with Crippen molar-refractivity contribution >= 4 is 33.1 Å². The number of carbonyl (C=O) groups excluding carboxylic acids is 1. The van der Waals surface area contributed by atoms with Gasteiger partial charge in [0, 0.05) is 18.0 Å². The molecule has 6 heteroatoms. The molecular weight excluding hydrogens is 284 g/mol. The van der Waals surface area contributed by atoms with E-state index in [2.05, 4.69) is 15.1 Å². The van der Waals surface area contributed by atoms with E-state index in [0.717, 1.165) is 29.6 Å². The molecule has 2 aromatic heterocycles. The van der Waals surface area contributed by atoms with Gasteiger partial charge in [-0.2, -0.15) is 5.10 Å². The minimum absolute atomic E-state index is 0.0899. The normalized spacial score (nSPS) is 25.2. The van der Waals surface area contributed by atoms with Crippen LogP contribution in [0.3, 0.4) is 0 Å². The third kappa shape index (κ3) is 2.00. The molecule has 1 saturated heterocycles. The lowest BCUT2D eigenvalue weighted by Crippen LogP contribution is -2.46. The largest absolute Gasteiger partial charge is 0.397 e. The number of aromatic nitrogens is 2. The molecule has 1 aliphatic heterocycles. The standard InChI is InChI=1S/C15H18N4OS/c16-12-10-6-7-17-18-14(10)21-13(12)15(20)19-8-2-4-9-3-1-5-11(9)19/h6-7,9,11H,1-5,8,16H2. The van der Waals surface area contributed by atoms with E-state index in [1.54, 1.807) is 6.20 Å². The van der Waals surface area contributed by atoms with Gasteiger partial charge in [0.25, 0.3) is 5.91 Å². The van der Waals surface area contributed by atoms with Gasteiger partial charge in [0.1, 0.15) is 9.71 Å². The number of fused-ring (bicyclic) bond motifs is 2. The Kier molecular flexibility index (Phi) is 3.06. The molecule has 2 N–H and O–H groups in total. The van der Waals surface area contributed by atoms with E-state index in [9.17, 15) is 4.79 Å². The Morgan fingerprint density at radius 2 is 2.19 bits per heavy atom. The fraction of sp³-hybridized carbons (Fsp3) is 0.533. The summed E-state index contributed by atoms with van der Waals surface area (Å²) in [4.78, 5) is 16.4. The van der Waals surface area contributed by atoms with E-state index < -0.39 is 0 Å². The smallest absolute Gasteiger partial charge is 0.266 e. The van der Waals surface area contributed by atoms with Gasteiger partial charge >= 0.3 is 0 Å². The van der Waals surface area contributed by atoms with Gasteiger partial charge in [-0.1, -0.05) is 6.42 Å². The van der Waals surface area contributed by atoms with Crippen molar-refractivity contribution in [2.45, 2.75) is 38.1 Å². The van der Waals surface area contributed by atoms with Crippen molar-refractivity contribution in [2.75, 3.05) is 12.3 Å². The van der Waals surface area contributed by atoms with E-state index in [4.69, 9.17) is 5.73 Å². The topological polar surface area (TPSA) is 72.1 Å². The predicted octanol–water partition coefficient (Wildman–Crippen LogP) is 2.68. The summed E-state index contributed by atoms with van der Waals surface area (Å²) in [5.41, 5.74) is 6.74. The Balaban J connectivity index is 1.71. The van der Waals surface area contributed by atoms with Crippen molar-refractivity contribution in [3.8, 4) is 0 Å². The van der Waals surface area contributed by atoms with Crippen LogP contribution in [0.25, 0.3) is 10.2 Å². The summed E-state index contributed by atoms with van der Waals surface area (Å²) in [6.45, 7) is 0.860. The van der Waals surface area contributed by atoms with Crippen molar-refractivity contribution in [1.29, 1.82) is 0 Å². The number of carbonyl (C=O) groups is 1. The van der Waals surface area contributed by atoms with E-state index in [0.29, 0.717) is 22.5 Å². The zero-order valence-electron chi connectivity index (χ0n) is 11.8. The number of anilines is 1. The third-order valence-corrected chi connectivity index (χ3v) is 5.96. The lowest BCUT2D eigenvalue weighted by atomic mass is 9.92. The number of amides is 1. The highest BCUT2D eigenvalue weighted by atomic mass is 32.1. The quantitative estimate of drug-likeness (QED) is 0.879. The van der Waals surface area contributed by atoms with Crippen LogP contribution < -0.4 is 5.73 Å². The highest BCUT2D eigenvalue weighted by Crippen LogP contribution is 2.39. The zero-order chi connectivity index (χ0) is 14.4. The first-order valence-electron chi connectivity index (χ1n) is 7.56. The maximum atomic E-state index is 12.9. The van der Waals surface area contributed by atoms with Gasteiger partial charge in [0.15, 0.2) is 0 Å². The van der Waals surface area contributed by atoms with Crippen LogP contribution >= 0.6 is 11.3 Å². The molecule has 0 bridgehead atoms. The van der Waals surface area contributed by atoms with Gasteiger partial charge in [0.05, 0.1) is 11.9 Å². The number of hydrogen-bond acceptors (Lipinski definition) is 5. The van der Waals surface area contributed by atoms with Gasteiger partial charge in [-0.3, -0.25) is 4.79 Å². The number of nitrogens with two attached hydrogens (primary N) is 1. The van der Waals surface area contributed by atoms with Crippen LogP contribution in [0.15, 0.2) is 12.3 Å². The average molecular weight is 302 g/mol. The maximum absolute atomic E-state index is 12.9. The molecule has 0 radical (unpaired) electrons. The summed E-state index contributed by atoms with van der Waals surface area (Å²) >= 11 is 1.37. The molecule has 2 fully saturated rings. The molecule has 1 saturated carbocycles. The molecule has 1 amide bonds. The Morgan fingerprint density at radius 3 is 3.05 bits per heavy atom. The fourth-order valence-corrected chi connectivity index (χ4v) is 4.86. The SMILES string of the molecule is Nc1c(C(=O)N2CCCC3CCCC32)sc2nnccc12. The molecule has 2 aliphatic rings. The first-order chi connectivity index (χ1) is 10.3. The van der Waals surface area contributed by atoms with Crippen molar-refractivity contribution < 1.29 is 4.79 Å². The number of hydrogen-bond donors (Lipinski definition) is 1. The molecule has 110 valence electrons. The van der Waals surface area contributed by atoms with Crippen LogP contribution in [-0.4, -0.2) is 33.6 Å². The molecule has 1 aliphatic carbocycles. The van der Waals surface area contributed by atoms with Gasteiger partial charge in [-0.25, -0.2) is 0 Å². The van der Waals surface area contributed by atoms with Crippen LogP contribution in [0.2, 0.25) is 0 Å². The lowest BCUT2D eigenvalue weighted by molar-refractivity contribution is 0.0554. The second kappa shape index (κ2) is 4.94. The fourth-order valence-electron chi connectivity index (χ4n) is 3.87.